The standard InChI is InChI=1S/C31H27F2N3O2/c1-18-14-19(2)25(15-20(18)17-38-24-12-8-22(33)9-13-24)29-26(16-34)31(35)36(23-10-6-21(32)7-11-23)27-4-3-5-28(37)30(27)29/h6-15,29H,3-5,17,35H2,1-2H3. The molecule has 3 aromatic carbocycles. The van der Waals surface area contributed by atoms with Crippen molar-refractivity contribution in [3.63, 3.8) is 0 Å². The number of allylic oxidation sites excluding steroid dienone is 3. The summed E-state index contributed by atoms with van der Waals surface area (Å²) in [7, 11) is 0. The number of nitrogens with zero attached hydrogens (tertiary/aromatic N) is 2. The van der Waals surface area contributed by atoms with Crippen LogP contribution in [0.5, 0.6) is 5.75 Å². The first-order valence-electron chi connectivity index (χ1n) is 12.5. The highest BCUT2D eigenvalue weighted by atomic mass is 19.1. The molecule has 5 nitrogen and oxygen atoms in total. The Balaban J connectivity index is 1.61. The van der Waals surface area contributed by atoms with Gasteiger partial charge in [0.2, 0.25) is 0 Å². The van der Waals surface area contributed by atoms with Crippen molar-refractivity contribution in [2.24, 2.45) is 5.73 Å². The van der Waals surface area contributed by atoms with Gasteiger partial charge in [-0.3, -0.25) is 9.69 Å². The molecule has 0 radical (unpaired) electrons. The maximum Gasteiger partial charge on any atom is 0.161 e. The molecule has 5 rings (SSSR count). The molecule has 38 heavy (non-hydrogen) atoms. The van der Waals surface area contributed by atoms with E-state index in [1.807, 2.05) is 26.0 Å². The van der Waals surface area contributed by atoms with Gasteiger partial charge in [-0.05, 0) is 97.5 Å². The fourth-order valence-corrected chi connectivity index (χ4v) is 5.36. The minimum Gasteiger partial charge on any atom is -0.489 e. The van der Waals surface area contributed by atoms with E-state index in [0.29, 0.717) is 36.3 Å². The molecule has 0 bridgehead atoms. The van der Waals surface area contributed by atoms with E-state index in [2.05, 4.69) is 6.07 Å². The monoisotopic (exact) mass is 511 g/mol. The van der Waals surface area contributed by atoms with Crippen molar-refractivity contribution in [3.8, 4) is 11.8 Å². The molecule has 7 heteroatoms. The number of nitriles is 1. The van der Waals surface area contributed by atoms with E-state index in [1.54, 1.807) is 29.2 Å². The number of hydrogen-bond acceptors (Lipinski definition) is 5. The lowest BCUT2D eigenvalue weighted by atomic mass is 9.74. The van der Waals surface area contributed by atoms with Crippen LogP contribution in [0.1, 0.15) is 47.4 Å². The normalized spacial score (nSPS) is 17.4. The van der Waals surface area contributed by atoms with Gasteiger partial charge in [0.05, 0.1) is 17.6 Å². The zero-order valence-electron chi connectivity index (χ0n) is 21.2. The van der Waals surface area contributed by atoms with Crippen molar-refractivity contribution in [3.05, 3.63) is 117 Å². The van der Waals surface area contributed by atoms with E-state index in [1.165, 1.54) is 24.3 Å². The van der Waals surface area contributed by atoms with Crippen LogP contribution in [0.4, 0.5) is 14.5 Å². The maximum atomic E-state index is 13.7. The van der Waals surface area contributed by atoms with E-state index in [4.69, 9.17) is 10.5 Å². The minimum atomic E-state index is -0.621. The second-order valence-corrected chi connectivity index (χ2v) is 9.67. The highest BCUT2D eigenvalue weighted by molar-refractivity contribution is 6.01. The molecule has 0 saturated carbocycles. The lowest BCUT2D eigenvalue weighted by Crippen LogP contribution is -2.39. The summed E-state index contributed by atoms with van der Waals surface area (Å²) in [6, 6.07) is 18.0. The molecular weight excluding hydrogens is 484 g/mol. The highest BCUT2D eigenvalue weighted by Gasteiger charge is 2.41. The Bertz CT molecular complexity index is 1520. The SMILES string of the molecule is Cc1cc(C)c(C2C(C#N)=C(N)N(c3ccc(F)cc3)C3=C2C(=O)CCC3)cc1COc1ccc(F)cc1. The molecular formula is C31H27F2N3O2. The molecule has 2 aliphatic rings. The number of ether oxygens (including phenoxy) is 1. The number of hydrogen-bond donors (Lipinski definition) is 1. The average Bonchev–Trinajstić information content (AvgIpc) is 2.90. The average molecular weight is 512 g/mol. The summed E-state index contributed by atoms with van der Waals surface area (Å²) >= 11 is 0. The Hall–Kier alpha value is -4.44. The Kier molecular flexibility index (Phi) is 6.73. The fourth-order valence-electron chi connectivity index (χ4n) is 5.36. The summed E-state index contributed by atoms with van der Waals surface area (Å²) < 4.78 is 32.9. The van der Waals surface area contributed by atoms with Crippen molar-refractivity contribution in [1.82, 2.24) is 0 Å². The second-order valence-electron chi connectivity index (χ2n) is 9.67. The van der Waals surface area contributed by atoms with Crippen LogP contribution in [0.15, 0.2) is 83.3 Å². The number of ketones is 1. The molecule has 0 saturated heterocycles. The van der Waals surface area contributed by atoms with Crippen molar-refractivity contribution < 1.29 is 18.3 Å². The summed E-state index contributed by atoms with van der Waals surface area (Å²) in [6.07, 6.45) is 1.66. The zero-order chi connectivity index (χ0) is 27.0. The van der Waals surface area contributed by atoms with Gasteiger partial charge in [-0.1, -0.05) is 12.1 Å². The Morgan fingerprint density at radius 1 is 1.00 bits per heavy atom. The molecule has 192 valence electrons. The van der Waals surface area contributed by atoms with Crippen LogP contribution in [-0.4, -0.2) is 5.78 Å². The van der Waals surface area contributed by atoms with E-state index in [-0.39, 0.29) is 35.4 Å². The largest absolute Gasteiger partial charge is 0.489 e. The first-order chi connectivity index (χ1) is 18.3. The van der Waals surface area contributed by atoms with Crippen LogP contribution in [0.2, 0.25) is 0 Å². The van der Waals surface area contributed by atoms with Gasteiger partial charge >= 0.3 is 0 Å². The number of carbonyl (C=O) groups is 1. The number of nitrogens with two attached hydrogens (primary N) is 1. The third-order valence-corrected chi connectivity index (χ3v) is 7.24. The smallest absolute Gasteiger partial charge is 0.161 e. The van der Waals surface area contributed by atoms with Crippen molar-refractivity contribution >= 4 is 11.5 Å². The Morgan fingerprint density at radius 2 is 1.66 bits per heavy atom. The molecule has 0 fully saturated rings. The maximum absolute atomic E-state index is 13.7. The predicted octanol–water partition coefficient (Wildman–Crippen LogP) is 6.47. The fraction of sp³-hybridized carbons (Fsp3) is 0.226. The lowest BCUT2D eigenvalue weighted by Gasteiger charge is -2.40. The molecule has 1 unspecified atom stereocenters. The van der Waals surface area contributed by atoms with Gasteiger partial charge in [-0.15, -0.1) is 0 Å². The molecule has 1 atom stereocenters. The summed E-state index contributed by atoms with van der Waals surface area (Å²) in [6.45, 7) is 4.17. The van der Waals surface area contributed by atoms with Crippen LogP contribution in [0, 0.1) is 36.8 Å². The van der Waals surface area contributed by atoms with Crippen LogP contribution >= 0.6 is 0 Å². The van der Waals surface area contributed by atoms with Crippen LogP contribution in [-0.2, 0) is 11.4 Å². The number of Topliss-reactive ketones (excluding diaryl/α,β-unsaturated/α-hetero) is 1. The number of halogens is 2. The van der Waals surface area contributed by atoms with E-state index in [9.17, 15) is 18.8 Å². The van der Waals surface area contributed by atoms with Gasteiger partial charge in [-0.25, -0.2) is 8.78 Å². The van der Waals surface area contributed by atoms with Gasteiger partial charge in [0, 0.05) is 23.4 Å². The van der Waals surface area contributed by atoms with Gasteiger partial charge in [0.1, 0.15) is 29.8 Å². The van der Waals surface area contributed by atoms with Crippen LogP contribution in [0.3, 0.4) is 0 Å². The Morgan fingerprint density at radius 3 is 2.32 bits per heavy atom. The van der Waals surface area contributed by atoms with E-state index >= 15 is 0 Å². The number of anilines is 1. The second kappa shape index (κ2) is 10.1. The van der Waals surface area contributed by atoms with E-state index < -0.39 is 5.92 Å². The first-order valence-corrected chi connectivity index (χ1v) is 12.5. The predicted molar refractivity (Wildman–Crippen MR) is 141 cm³/mol. The topological polar surface area (TPSA) is 79.4 Å². The van der Waals surface area contributed by atoms with Crippen molar-refractivity contribution in [1.29, 1.82) is 5.26 Å². The van der Waals surface area contributed by atoms with E-state index in [0.717, 1.165) is 28.0 Å². The highest BCUT2D eigenvalue weighted by Crippen LogP contribution is 2.47. The third-order valence-electron chi connectivity index (χ3n) is 7.24. The number of carbonyl (C=O) groups excluding carboxylic acids is 1. The van der Waals surface area contributed by atoms with Crippen molar-refractivity contribution in [2.45, 2.75) is 45.6 Å². The van der Waals surface area contributed by atoms with Gasteiger partial charge < -0.3 is 10.5 Å². The molecule has 1 heterocycles. The summed E-state index contributed by atoms with van der Waals surface area (Å²) in [5.74, 6) is -0.590. The quantitative estimate of drug-likeness (QED) is 0.425. The van der Waals surface area contributed by atoms with Crippen LogP contribution < -0.4 is 15.4 Å². The van der Waals surface area contributed by atoms with Gasteiger partial charge in [0.25, 0.3) is 0 Å². The molecule has 0 aromatic heterocycles. The van der Waals surface area contributed by atoms with Crippen molar-refractivity contribution in [2.75, 3.05) is 4.90 Å². The molecule has 1 aliphatic carbocycles. The Labute approximate surface area is 220 Å². The molecule has 2 N–H and O–H groups in total. The number of aryl methyl sites for hydroxylation is 2. The summed E-state index contributed by atoms with van der Waals surface area (Å²) in [5.41, 5.74) is 12.5. The van der Waals surface area contributed by atoms with Crippen LogP contribution in [0.25, 0.3) is 0 Å². The number of rotatable bonds is 5. The molecule has 3 aromatic rings. The molecule has 0 spiro atoms. The zero-order valence-corrected chi connectivity index (χ0v) is 21.2. The molecule has 0 amide bonds. The third kappa shape index (κ3) is 4.54. The number of benzene rings is 3. The summed E-state index contributed by atoms with van der Waals surface area (Å²) in [4.78, 5) is 15.2. The van der Waals surface area contributed by atoms with Gasteiger partial charge in [-0.2, -0.15) is 5.26 Å². The minimum absolute atomic E-state index is 0.0206. The first kappa shape index (κ1) is 25.2. The molecule has 1 aliphatic heterocycles. The summed E-state index contributed by atoms with van der Waals surface area (Å²) in [5, 5.41) is 10.3. The lowest BCUT2D eigenvalue weighted by molar-refractivity contribution is -0.116. The van der Waals surface area contributed by atoms with Gasteiger partial charge in [0.15, 0.2) is 5.78 Å².